The van der Waals surface area contributed by atoms with Gasteiger partial charge in [0.1, 0.15) is 11.4 Å². The number of rotatable bonds is 5. The highest BCUT2D eigenvalue weighted by Gasteiger charge is 2.31. The predicted octanol–water partition coefficient (Wildman–Crippen LogP) is 5.86. The van der Waals surface area contributed by atoms with E-state index < -0.39 is 23.2 Å². The minimum atomic E-state index is -4.60. The van der Waals surface area contributed by atoms with Crippen LogP contribution >= 0.6 is 0 Å². The highest BCUT2D eigenvalue weighted by atomic mass is 19.4. The van der Waals surface area contributed by atoms with Gasteiger partial charge >= 0.3 is 6.18 Å². The van der Waals surface area contributed by atoms with Crippen LogP contribution in [0.3, 0.4) is 0 Å². The highest BCUT2D eigenvalue weighted by molar-refractivity contribution is 6.02. The molecule has 0 bridgehead atoms. The SMILES string of the molecule is CCOc1ccccc1N=Cc1c(O)n(-c2cccc(C(F)(F)F)c2)c(=O)c2ccccc12. The van der Waals surface area contributed by atoms with Crippen LogP contribution in [0.1, 0.15) is 18.1 Å². The summed E-state index contributed by atoms with van der Waals surface area (Å²) >= 11 is 0. The van der Waals surface area contributed by atoms with Gasteiger partial charge in [-0.3, -0.25) is 9.79 Å². The van der Waals surface area contributed by atoms with Gasteiger partial charge < -0.3 is 9.84 Å². The number of hydrogen-bond acceptors (Lipinski definition) is 4. The molecular formula is C25H19F3N2O3. The monoisotopic (exact) mass is 452 g/mol. The van der Waals surface area contributed by atoms with E-state index >= 15 is 0 Å². The molecule has 1 aromatic heterocycles. The molecule has 8 heteroatoms. The van der Waals surface area contributed by atoms with Crippen molar-refractivity contribution in [3.05, 3.63) is 94.3 Å². The Morgan fingerprint density at radius 1 is 1.00 bits per heavy atom. The van der Waals surface area contributed by atoms with Crippen LogP contribution in [0.4, 0.5) is 18.9 Å². The van der Waals surface area contributed by atoms with Gasteiger partial charge in [0.25, 0.3) is 5.56 Å². The van der Waals surface area contributed by atoms with Crippen molar-refractivity contribution in [3.8, 4) is 17.3 Å². The molecule has 0 spiro atoms. The molecule has 0 aliphatic rings. The standard InChI is InChI=1S/C25H19F3N2O3/c1-2-33-22-13-6-5-12-21(22)29-15-20-18-10-3-4-11-19(18)23(31)30(24(20)32)17-9-7-8-16(14-17)25(26,27)28/h3-15,32H,2H2,1H3. The zero-order valence-electron chi connectivity index (χ0n) is 17.5. The third-order valence-electron chi connectivity index (χ3n) is 5.03. The number of benzene rings is 3. The van der Waals surface area contributed by atoms with Crippen LogP contribution in [-0.4, -0.2) is 22.5 Å². The maximum Gasteiger partial charge on any atom is 0.416 e. The van der Waals surface area contributed by atoms with Crippen molar-refractivity contribution in [2.45, 2.75) is 13.1 Å². The Kier molecular flexibility index (Phi) is 5.91. The molecule has 4 rings (SSSR count). The minimum absolute atomic E-state index is 0.109. The first-order chi connectivity index (χ1) is 15.8. The average Bonchev–Trinajstić information content (AvgIpc) is 2.80. The molecule has 0 amide bonds. The molecule has 4 aromatic rings. The quantitative estimate of drug-likeness (QED) is 0.386. The number of aromatic nitrogens is 1. The number of ether oxygens (including phenoxy) is 1. The van der Waals surface area contributed by atoms with E-state index in [-0.39, 0.29) is 16.6 Å². The minimum Gasteiger partial charge on any atom is -0.494 e. The van der Waals surface area contributed by atoms with Crippen LogP contribution in [0.15, 0.2) is 82.6 Å². The fourth-order valence-corrected chi connectivity index (χ4v) is 3.53. The summed E-state index contributed by atoms with van der Waals surface area (Å²) in [5.74, 6) is 0.0157. The third-order valence-corrected chi connectivity index (χ3v) is 5.03. The number of aromatic hydroxyl groups is 1. The zero-order chi connectivity index (χ0) is 23.6. The summed E-state index contributed by atoms with van der Waals surface area (Å²) in [6, 6.07) is 17.8. The summed E-state index contributed by atoms with van der Waals surface area (Å²) in [6.07, 6.45) is -3.22. The van der Waals surface area contributed by atoms with Gasteiger partial charge in [0.05, 0.1) is 23.4 Å². The fourth-order valence-electron chi connectivity index (χ4n) is 3.53. The van der Waals surface area contributed by atoms with Gasteiger partial charge in [-0.05, 0) is 43.3 Å². The average molecular weight is 452 g/mol. The molecule has 0 fully saturated rings. The molecule has 0 atom stereocenters. The second-order valence-corrected chi connectivity index (χ2v) is 7.13. The Balaban J connectivity index is 1.95. The van der Waals surface area contributed by atoms with E-state index in [1.807, 2.05) is 6.92 Å². The molecule has 1 heterocycles. The van der Waals surface area contributed by atoms with Gasteiger partial charge in [-0.25, -0.2) is 4.57 Å². The Hall–Kier alpha value is -4.07. The first kappa shape index (κ1) is 22.1. The number of halogens is 3. The van der Waals surface area contributed by atoms with Gasteiger partial charge in [-0.15, -0.1) is 0 Å². The number of pyridine rings is 1. The number of alkyl halides is 3. The number of aliphatic imine (C=N–C) groups is 1. The Labute approximate surface area is 187 Å². The van der Waals surface area contributed by atoms with Crippen LogP contribution in [0.2, 0.25) is 0 Å². The normalized spacial score (nSPS) is 11.9. The van der Waals surface area contributed by atoms with E-state index in [2.05, 4.69) is 4.99 Å². The van der Waals surface area contributed by atoms with Crippen LogP contribution < -0.4 is 10.3 Å². The van der Waals surface area contributed by atoms with Crippen molar-refractivity contribution >= 4 is 22.7 Å². The molecule has 0 saturated carbocycles. The van der Waals surface area contributed by atoms with Crippen molar-refractivity contribution in [1.82, 2.24) is 4.57 Å². The molecule has 0 unspecified atom stereocenters. The van der Waals surface area contributed by atoms with Crippen LogP contribution in [0, 0.1) is 0 Å². The lowest BCUT2D eigenvalue weighted by atomic mass is 10.1. The third kappa shape index (κ3) is 4.32. The van der Waals surface area contributed by atoms with E-state index in [4.69, 9.17) is 4.74 Å². The molecule has 5 nitrogen and oxygen atoms in total. The van der Waals surface area contributed by atoms with Crippen molar-refractivity contribution in [3.63, 3.8) is 0 Å². The Morgan fingerprint density at radius 3 is 2.42 bits per heavy atom. The van der Waals surface area contributed by atoms with E-state index in [1.165, 1.54) is 18.3 Å². The van der Waals surface area contributed by atoms with E-state index in [0.717, 1.165) is 16.7 Å². The summed E-state index contributed by atoms with van der Waals surface area (Å²) < 4.78 is 46.1. The van der Waals surface area contributed by atoms with Crippen molar-refractivity contribution in [1.29, 1.82) is 0 Å². The lowest BCUT2D eigenvalue weighted by Crippen LogP contribution is -2.20. The largest absolute Gasteiger partial charge is 0.494 e. The van der Waals surface area contributed by atoms with E-state index in [1.54, 1.807) is 48.5 Å². The molecular weight excluding hydrogens is 433 g/mol. The van der Waals surface area contributed by atoms with Crippen LogP contribution in [-0.2, 0) is 6.18 Å². The number of hydrogen-bond donors (Lipinski definition) is 1. The Bertz CT molecular complexity index is 1410. The zero-order valence-corrected chi connectivity index (χ0v) is 17.5. The number of nitrogens with zero attached hydrogens (tertiary/aromatic N) is 2. The van der Waals surface area contributed by atoms with Gasteiger partial charge in [-0.1, -0.05) is 36.4 Å². The first-order valence-electron chi connectivity index (χ1n) is 10.1. The second-order valence-electron chi connectivity index (χ2n) is 7.13. The van der Waals surface area contributed by atoms with E-state index in [0.29, 0.717) is 23.4 Å². The predicted molar refractivity (Wildman–Crippen MR) is 121 cm³/mol. The Morgan fingerprint density at radius 2 is 1.70 bits per heavy atom. The summed E-state index contributed by atoms with van der Waals surface area (Å²) in [6.45, 7) is 2.27. The van der Waals surface area contributed by atoms with Gasteiger partial charge in [0.15, 0.2) is 0 Å². The molecule has 0 aliphatic carbocycles. The maximum atomic E-state index is 13.2. The number of fused-ring (bicyclic) bond motifs is 1. The second kappa shape index (κ2) is 8.82. The van der Waals surface area contributed by atoms with Crippen molar-refractivity contribution < 1.29 is 23.0 Å². The highest BCUT2D eigenvalue weighted by Crippen LogP contribution is 2.33. The van der Waals surface area contributed by atoms with Gasteiger partial charge in [0, 0.05) is 17.0 Å². The van der Waals surface area contributed by atoms with Crippen molar-refractivity contribution in [2.75, 3.05) is 6.61 Å². The summed E-state index contributed by atoms with van der Waals surface area (Å²) in [4.78, 5) is 17.6. The number of para-hydroxylation sites is 2. The van der Waals surface area contributed by atoms with Crippen LogP contribution in [0.5, 0.6) is 11.6 Å². The van der Waals surface area contributed by atoms with Gasteiger partial charge in [-0.2, -0.15) is 13.2 Å². The van der Waals surface area contributed by atoms with Crippen LogP contribution in [0.25, 0.3) is 16.5 Å². The molecule has 0 aliphatic heterocycles. The molecule has 3 aromatic carbocycles. The lowest BCUT2D eigenvalue weighted by Gasteiger charge is -2.15. The fraction of sp³-hybridized carbons (Fsp3) is 0.120. The smallest absolute Gasteiger partial charge is 0.416 e. The summed E-state index contributed by atoms with van der Waals surface area (Å²) in [5, 5.41) is 11.7. The summed E-state index contributed by atoms with van der Waals surface area (Å²) in [5.41, 5.74) is -0.995. The van der Waals surface area contributed by atoms with Gasteiger partial charge in [0.2, 0.25) is 5.88 Å². The molecule has 0 saturated heterocycles. The maximum absolute atomic E-state index is 13.2. The summed E-state index contributed by atoms with van der Waals surface area (Å²) in [7, 11) is 0. The molecule has 1 N–H and O–H groups in total. The van der Waals surface area contributed by atoms with E-state index in [9.17, 15) is 23.1 Å². The molecule has 168 valence electrons. The lowest BCUT2D eigenvalue weighted by molar-refractivity contribution is -0.137. The topological polar surface area (TPSA) is 63.8 Å². The molecule has 33 heavy (non-hydrogen) atoms. The first-order valence-corrected chi connectivity index (χ1v) is 10.1. The molecule has 0 radical (unpaired) electrons. The van der Waals surface area contributed by atoms with Crippen molar-refractivity contribution in [2.24, 2.45) is 4.99 Å².